The van der Waals surface area contributed by atoms with Crippen molar-refractivity contribution in [3.8, 4) is 0 Å². The highest BCUT2D eigenvalue weighted by Crippen LogP contribution is 1.98. The molecule has 0 aliphatic carbocycles. The zero-order chi connectivity index (χ0) is 11.6. The maximum Gasteiger partial charge on any atom is 0.154 e. The van der Waals surface area contributed by atoms with Crippen LogP contribution >= 0.6 is 11.8 Å². The number of nitrogens with one attached hydrogen (secondary N) is 1. The molecule has 6 heteroatoms. The van der Waals surface area contributed by atoms with E-state index in [0.717, 1.165) is 32.8 Å². The van der Waals surface area contributed by atoms with Crippen LogP contribution < -0.4 is 4.84 Å². The van der Waals surface area contributed by atoms with E-state index in [2.05, 4.69) is 14.7 Å². The Morgan fingerprint density at radius 3 is 2.94 bits per heavy atom. The number of hydrogen-bond acceptors (Lipinski definition) is 5. The van der Waals surface area contributed by atoms with Crippen molar-refractivity contribution in [2.24, 2.45) is 4.99 Å². The monoisotopic (exact) mass is 247 g/mol. The topological polar surface area (TPSA) is 46.1 Å². The Morgan fingerprint density at radius 2 is 2.31 bits per heavy atom. The van der Waals surface area contributed by atoms with Gasteiger partial charge in [-0.1, -0.05) is 0 Å². The first-order valence-corrected chi connectivity index (χ1v) is 5.66. The van der Waals surface area contributed by atoms with Gasteiger partial charge in [0.05, 0.1) is 25.6 Å². The van der Waals surface area contributed by atoms with Crippen LogP contribution in [0.4, 0.5) is 0 Å². The van der Waals surface area contributed by atoms with Gasteiger partial charge < -0.3 is 14.3 Å². The molecular weight excluding hydrogens is 230 g/mol. The summed E-state index contributed by atoms with van der Waals surface area (Å²) in [5.74, 6) is 0.630. The Labute approximate surface area is 101 Å². The summed E-state index contributed by atoms with van der Waals surface area (Å²) in [7, 11) is 1.69. The summed E-state index contributed by atoms with van der Waals surface area (Å²) < 4.78 is 10.8. The molecule has 0 unspecified atom stereocenters. The fourth-order valence-electron chi connectivity index (χ4n) is 1.41. The molecule has 0 radical (unpaired) electrons. The summed E-state index contributed by atoms with van der Waals surface area (Å²) in [5.41, 5.74) is 0. The maximum absolute atomic E-state index is 5.51. The molecule has 1 rings (SSSR count). The summed E-state index contributed by atoms with van der Waals surface area (Å²) in [6, 6.07) is 0. The molecule has 1 aliphatic rings. The molecule has 0 saturated carbocycles. The number of morpholine rings is 1. The van der Waals surface area contributed by atoms with Crippen molar-refractivity contribution in [2.45, 2.75) is 0 Å². The molecule has 1 aliphatic heterocycles. The minimum Gasteiger partial charge on any atom is -0.489 e. The minimum absolute atomic E-state index is 0.621. The lowest BCUT2D eigenvalue weighted by molar-refractivity contribution is 0.0285. The quantitative estimate of drug-likeness (QED) is 0.425. The summed E-state index contributed by atoms with van der Waals surface area (Å²) in [6.45, 7) is 5.07. The van der Waals surface area contributed by atoms with E-state index in [0.29, 0.717) is 12.4 Å². The zero-order valence-electron chi connectivity index (χ0n) is 9.49. The first-order valence-electron chi connectivity index (χ1n) is 5.28. The molecule has 1 N–H and O–H groups in total. The van der Waals surface area contributed by atoms with E-state index in [-0.39, 0.29) is 0 Å². The van der Waals surface area contributed by atoms with Crippen LogP contribution in [-0.2, 0) is 9.47 Å². The molecule has 1 fully saturated rings. The van der Waals surface area contributed by atoms with Crippen molar-refractivity contribution >= 4 is 18.0 Å². The maximum atomic E-state index is 5.51. The van der Waals surface area contributed by atoms with E-state index in [1.54, 1.807) is 19.5 Å². The zero-order valence-corrected chi connectivity index (χ0v) is 10.2. The van der Waals surface area contributed by atoms with Crippen LogP contribution in [-0.4, -0.2) is 57.6 Å². The number of hydrogen-bond donors (Lipinski definition) is 1. The second-order valence-corrected chi connectivity index (χ2v) is 3.56. The first-order chi connectivity index (χ1) is 7.86. The predicted octanol–water partition coefficient (Wildman–Crippen LogP) is 0.621. The first kappa shape index (κ1) is 13.3. The van der Waals surface area contributed by atoms with Gasteiger partial charge in [-0.05, 0) is 0 Å². The Hall–Kier alpha value is -0.780. The Bertz CT molecular complexity index is 240. The molecule has 0 aromatic heterocycles. The molecule has 1 heterocycles. The third-order valence-electron chi connectivity index (χ3n) is 2.23. The average molecular weight is 248 g/mol. The van der Waals surface area contributed by atoms with E-state index in [9.17, 15) is 0 Å². The molecule has 0 atom stereocenters. The van der Waals surface area contributed by atoms with Crippen LogP contribution in [0.5, 0.6) is 0 Å². The predicted molar refractivity (Wildman–Crippen MR) is 64.7 cm³/mol. The number of ether oxygens (including phenoxy) is 2. The normalized spacial score (nSPS) is 19.0. The lowest BCUT2D eigenvalue weighted by Gasteiger charge is -2.26. The number of nitrogens with zero attached hydrogens (tertiary/aromatic N) is 2. The van der Waals surface area contributed by atoms with Gasteiger partial charge in [0.1, 0.15) is 6.61 Å². The van der Waals surface area contributed by atoms with E-state index in [4.69, 9.17) is 21.3 Å². The SMILES string of the molecule is CN=CC(=CNCl)OCCN1CCOCC1. The van der Waals surface area contributed by atoms with Gasteiger partial charge in [0, 0.05) is 38.5 Å². The van der Waals surface area contributed by atoms with Crippen LogP contribution in [0.15, 0.2) is 17.0 Å². The van der Waals surface area contributed by atoms with E-state index >= 15 is 0 Å². The fourth-order valence-corrected chi connectivity index (χ4v) is 1.52. The third kappa shape index (κ3) is 5.34. The molecule has 5 nitrogen and oxygen atoms in total. The highest BCUT2D eigenvalue weighted by atomic mass is 35.5. The number of aliphatic imine (C=N–C) groups is 1. The average Bonchev–Trinajstić information content (AvgIpc) is 2.31. The van der Waals surface area contributed by atoms with Gasteiger partial charge in [-0.15, -0.1) is 0 Å². The lowest BCUT2D eigenvalue weighted by Crippen LogP contribution is -2.38. The van der Waals surface area contributed by atoms with Crippen molar-refractivity contribution in [1.82, 2.24) is 9.74 Å². The molecule has 92 valence electrons. The van der Waals surface area contributed by atoms with Crippen molar-refractivity contribution in [2.75, 3.05) is 46.5 Å². The molecule has 16 heavy (non-hydrogen) atoms. The molecule has 0 aromatic rings. The van der Waals surface area contributed by atoms with Crippen LogP contribution in [0.2, 0.25) is 0 Å². The Balaban J connectivity index is 2.19. The number of halogens is 1. The van der Waals surface area contributed by atoms with Gasteiger partial charge in [-0.2, -0.15) is 0 Å². The van der Waals surface area contributed by atoms with Crippen LogP contribution in [0.25, 0.3) is 0 Å². The standard InChI is InChI=1S/C10H18ClN3O2/c1-12-8-10(9-13-11)16-7-4-14-2-5-15-6-3-14/h8-9,13H,2-7H2,1H3. The molecular formula is C10H18ClN3O2. The second kappa shape index (κ2) is 8.38. The van der Waals surface area contributed by atoms with Crippen molar-refractivity contribution in [1.29, 1.82) is 0 Å². The van der Waals surface area contributed by atoms with E-state index in [1.165, 1.54) is 0 Å². The molecule has 0 aromatic carbocycles. The molecule has 0 amide bonds. The van der Waals surface area contributed by atoms with E-state index < -0.39 is 0 Å². The summed E-state index contributed by atoms with van der Waals surface area (Å²) in [4.78, 5) is 8.57. The largest absolute Gasteiger partial charge is 0.489 e. The second-order valence-electron chi connectivity index (χ2n) is 3.35. The van der Waals surface area contributed by atoms with Gasteiger partial charge in [-0.25, -0.2) is 0 Å². The fraction of sp³-hybridized carbons (Fsp3) is 0.700. The van der Waals surface area contributed by atoms with Crippen molar-refractivity contribution in [3.05, 3.63) is 12.0 Å². The highest BCUT2D eigenvalue weighted by Gasteiger charge is 2.09. The van der Waals surface area contributed by atoms with Crippen LogP contribution in [0.3, 0.4) is 0 Å². The van der Waals surface area contributed by atoms with E-state index in [1.807, 2.05) is 0 Å². The lowest BCUT2D eigenvalue weighted by atomic mass is 10.4. The summed E-state index contributed by atoms with van der Waals surface area (Å²) >= 11 is 5.36. The Kier molecular flexibility index (Phi) is 6.96. The molecule has 0 bridgehead atoms. The Morgan fingerprint density at radius 1 is 1.56 bits per heavy atom. The van der Waals surface area contributed by atoms with Crippen molar-refractivity contribution < 1.29 is 9.47 Å². The third-order valence-corrected chi connectivity index (χ3v) is 2.34. The smallest absolute Gasteiger partial charge is 0.154 e. The van der Waals surface area contributed by atoms with Gasteiger partial charge in [-0.3, -0.25) is 9.89 Å². The van der Waals surface area contributed by atoms with Gasteiger partial charge in [0.25, 0.3) is 0 Å². The van der Waals surface area contributed by atoms with Crippen LogP contribution in [0.1, 0.15) is 0 Å². The van der Waals surface area contributed by atoms with Gasteiger partial charge in [0.2, 0.25) is 0 Å². The highest BCUT2D eigenvalue weighted by molar-refractivity contribution is 6.14. The number of rotatable bonds is 6. The van der Waals surface area contributed by atoms with Crippen LogP contribution in [0, 0.1) is 0 Å². The molecule has 1 saturated heterocycles. The summed E-state index contributed by atoms with van der Waals surface area (Å²) in [5, 5.41) is 0. The van der Waals surface area contributed by atoms with Crippen molar-refractivity contribution in [3.63, 3.8) is 0 Å². The number of allylic oxidation sites excluding steroid dienone is 1. The van der Waals surface area contributed by atoms with Gasteiger partial charge in [0.15, 0.2) is 5.76 Å². The summed E-state index contributed by atoms with van der Waals surface area (Å²) in [6.07, 6.45) is 3.18. The van der Waals surface area contributed by atoms with Gasteiger partial charge >= 0.3 is 0 Å². The minimum atomic E-state index is 0.621. The molecule has 0 spiro atoms.